The third-order valence-corrected chi connectivity index (χ3v) is 3.11. The predicted octanol–water partition coefficient (Wildman–Crippen LogP) is 5.26. The molecule has 0 saturated carbocycles. The van der Waals surface area contributed by atoms with Gasteiger partial charge in [0.2, 0.25) is 0 Å². The maximum Gasteiger partial charge on any atom is 0.460 e. The van der Waals surface area contributed by atoms with Gasteiger partial charge in [0, 0.05) is 0 Å². The molecule has 0 aromatic carbocycles. The number of halogens is 16. The van der Waals surface area contributed by atoms with Gasteiger partial charge in [-0.2, -0.15) is 71.0 Å². The molecular weight excluding hydrogens is 466 g/mol. The van der Waals surface area contributed by atoms with Gasteiger partial charge < -0.3 is 0 Å². The first-order chi connectivity index (χ1) is 12.4. The molecule has 29 heavy (non-hydrogen) atoms. The first-order valence-corrected chi connectivity index (χ1v) is 6.31. The minimum Gasteiger partial charge on any atom is -0.265 e. The Labute approximate surface area is 148 Å². The summed E-state index contributed by atoms with van der Waals surface area (Å²) in [7, 11) is 0. The molecule has 18 heteroatoms. The van der Waals surface area contributed by atoms with E-state index in [2.05, 4.69) is 6.58 Å². The molecule has 0 unspecified atom stereocenters. The van der Waals surface area contributed by atoms with Gasteiger partial charge in [0.05, 0.1) is 6.54 Å². The molecule has 1 amide bonds. The molecule has 0 rings (SSSR count). The zero-order chi connectivity index (χ0) is 24.1. The highest BCUT2D eigenvalue weighted by molar-refractivity contribution is 5.84. The molecule has 2 nitrogen and oxygen atoms in total. The van der Waals surface area contributed by atoms with E-state index < -0.39 is 59.3 Å². The highest BCUT2D eigenvalue weighted by atomic mass is 19.4. The van der Waals surface area contributed by atoms with Crippen molar-refractivity contribution in [3.63, 3.8) is 0 Å². The average Bonchev–Trinajstić information content (AvgIpc) is 2.52. The summed E-state index contributed by atoms with van der Waals surface area (Å²) in [6, 6.07) is 0. The fourth-order valence-electron chi connectivity index (χ4n) is 1.45. The monoisotopic (exact) mass is 471 g/mol. The number of alkyl halides is 15. The molecule has 0 aromatic heterocycles. The Hall–Kier alpha value is -1.91. The number of nitrogens with zero attached hydrogens (tertiary/aromatic N) is 1. The Morgan fingerprint density at radius 2 is 0.966 bits per heavy atom. The van der Waals surface area contributed by atoms with E-state index in [4.69, 9.17) is 0 Å². The van der Waals surface area contributed by atoms with E-state index in [1.807, 2.05) is 0 Å². The number of carbonyl (C=O) groups is 1. The van der Waals surface area contributed by atoms with Gasteiger partial charge in [-0.3, -0.25) is 4.79 Å². The fraction of sp³-hybridized carbons (Fsp3) is 0.727. The molecular formula is C11H5F16NO. The lowest BCUT2D eigenvalue weighted by Crippen LogP contribution is -2.73. The number of hydrogen-bond donors (Lipinski definition) is 0. The molecule has 0 N–H and O–H groups in total. The molecule has 0 atom stereocenters. The maximum atomic E-state index is 13.3. The summed E-state index contributed by atoms with van der Waals surface area (Å²) in [5, 5.41) is -2.02. The Bertz CT molecular complexity index is 635. The van der Waals surface area contributed by atoms with Crippen molar-refractivity contribution in [1.29, 1.82) is 0 Å². The molecule has 0 aliphatic heterocycles. The molecule has 0 saturated heterocycles. The lowest BCUT2D eigenvalue weighted by atomic mass is 9.91. The highest BCUT2D eigenvalue weighted by Gasteiger charge is 2.94. The first kappa shape index (κ1) is 27.1. The van der Waals surface area contributed by atoms with Crippen LogP contribution in [0.1, 0.15) is 0 Å². The van der Waals surface area contributed by atoms with Gasteiger partial charge in [-0.25, -0.2) is 0 Å². The standard InChI is InChI=1S/C11H5F16NO/c1-2-3-28(27)4(29)5(12,13)6(14,15)7(16,17)8(18,19)9(20,21)10(22,23)11(24,25)26/h2H,1,3H2. The van der Waals surface area contributed by atoms with Gasteiger partial charge in [-0.05, 0) is 0 Å². The molecule has 0 heterocycles. The lowest BCUT2D eigenvalue weighted by Gasteiger charge is -2.41. The molecule has 0 fully saturated rings. The average molecular weight is 471 g/mol. The van der Waals surface area contributed by atoms with Crippen LogP contribution >= 0.6 is 0 Å². The van der Waals surface area contributed by atoms with Crippen molar-refractivity contribution in [2.45, 2.75) is 41.7 Å². The Morgan fingerprint density at radius 3 is 1.28 bits per heavy atom. The Kier molecular flexibility index (Phi) is 6.63. The minimum absolute atomic E-state index is 0.164. The van der Waals surface area contributed by atoms with Crippen molar-refractivity contribution >= 4 is 5.91 Å². The van der Waals surface area contributed by atoms with Crippen molar-refractivity contribution in [1.82, 2.24) is 5.12 Å². The van der Waals surface area contributed by atoms with E-state index in [1.54, 1.807) is 0 Å². The van der Waals surface area contributed by atoms with E-state index >= 15 is 0 Å². The maximum absolute atomic E-state index is 13.3. The summed E-state index contributed by atoms with van der Waals surface area (Å²) in [6.07, 6.45) is -7.57. The zero-order valence-electron chi connectivity index (χ0n) is 12.9. The zero-order valence-corrected chi connectivity index (χ0v) is 12.9. The van der Waals surface area contributed by atoms with Gasteiger partial charge >= 0.3 is 47.6 Å². The van der Waals surface area contributed by atoms with Crippen molar-refractivity contribution < 1.29 is 75.1 Å². The Morgan fingerprint density at radius 1 is 0.655 bits per heavy atom. The number of rotatable bonds is 8. The SMILES string of the molecule is C=CCN(F)C(=O)C(F)(F)C(F)(F)C(F)(F)C(F)(F)C(F)(F)C(F)(F)C(F)(F)F. The molecule has 0 radical (unpaired) electrons. The van der Waals surface area contributed by atoms with Crippen LogP contribution in [0.2, 0.25) is 0 Å². The topological polar surface area (TPSA) is 20.3 Å². The largest absolute Gasteiger partial charge is 0.460 e. The summed E-state index contributed by atoms with van der Waals surface area (Å²) in [5.41, 5.74) is 0. The van der Waals surface area contributed by atoms with Gasteiger partial charge in [-0.15, -0.1) is 6.58 Å². The van der Waals surface area contributed by atoms with Crippen LogP contribution in [-0.2, 0) is 4.79 Å². The molecule has 0 aliphatic rings. The smallest absolute Gasteiger partial charge is 0.265 e. The van der Waals surface area contributed by atoms with Crippen LogP contribution in [0.25, 0.3) is 0 Å². The summed E-state index contributed by atoms with van der Waals surface area (Å²) < 4.78 is 205. The van der Waals surface area contributed by atoms with Crippen LogP contribution in [0.3, 0.4) is 0 Å². The summed E-state index contributed by atoms with van der Waals surface area (Å²) in [4.78, 5) is 10.8. The van der Waals surface area contributed by atoms with E-state index in [9.17, 15) is 75.1 Å². The van der Waals surface area contributed by atoms with E-state index in [0.29, 0.717) is 0 Å². The molecule has 0 aromatic rings. The fourth-order valence-corrected chi connectivity index (χ4v) is 1.45. The van der Waals surface area contributed by atoms with Gasteiger partial charge in [0.25, 0.3) is 0 Å². The molecule has 0 bridgehead atoms. The number of hydrogen-bond acceptors (Lipinski definition) is 1. The van der Waals surface area contributed by atoms with Gasteiger partial charge in [0.1, 0.15) is 0 Å². The van der Waals surface area contributed by atoms with Gasteiger partial charge in [-0.1, -0.05) is 10.6 Å². The van der Waals surface area contributed by atoms with Crippen molar-refractivity contribution in [3.05, 3.63) is 12.7 Å². The third kappa shape index (κ3) is 3.57. The van der Waals surface area contributed by atoms with E-state index in [1.165, 1.54) is 0 Å². The Balaban J connectivity index is 6.57. The van der Waals surface area contributed by atoms with Gasteiger partial charge in [0.15, 0.2) is 0 Å². The number of amides is 1. The summed E-state index contributed by atoms with van der Waals surface area (Å²) in [5.74, 6) is -53.0. The van der Waals surface area contributed by atoms with Crippen LogP contribution in [0.15, 0.2) is 12.7 Å². The van der Waals surface area contributed by atoms with E-state index in [-0.39, 0.29) is 6.08 Å². The first-order valence-electron chi connectivity index (χ1n) is 6.31. The molecule has 0 spiro atoms. The van der Waals surface area contributed by atoms with Crippen LogP contribution in [0.5, 0.6) is 0 Å². The molecule has 172 valence electrons. The third-order valence-electron chi connectivity index (χ3n) is 3.11. The predicted molar refractivity (Wildman–Crippen MR) is 58.8 cm³/mol. The van der Waals surface area contributed by atoms with Crippen molar-refractivity contribution in [2.24, 2.45) is 0 Å². The highest BCUT2D eigenvalue weighted by Crippen LogP contribution is 2.62. The number of carbonyl (C=O) groups excluding carboxylic acids is 1. The molecule has 0 aliphatic carbocycles. The van der Waals surface area contributed by atoms with E-state index in [0.717, 1.165) is 0 Å². The van der Waals surface area contributed by atoms with Crippen LogP contribution in [-0.4, -0.2) is 59.3 Å². The van der Waals surface area contributed by atoms with Crippen LogP contribution < -0.4 is 0 Å². The van der Waals surface area contributed by atoms with Crippen molar-refractivity contribution in [2.75, 3.05) is 6.54 Å². The lowest BCUT2D eigenvalue weighted by molar-refractivity contribution is -0.450. The second-order valence-corrected chi connectivity index (χ2v) is 5.08. The second kappa shape index (κ2) is 7.10. The van der Waals surface area contributed by atoms with Crippen LogP contribution in [0, 0.1) is 0 Å². The minimum atomic E-state index is -8.54. The summed E-state index contributed by atoms with van der Waals surface area (Å²) >= 11 is 0. The van der Waals surface area contributed by atoms with Crippen molar-refractivity contribution in [3.8, 4) is 0 Å². The second-order valence-electron chi connectivity index (χ2n) is 5.08. The normalized spacial score (nSPS) is 15.3. The van der Waals surface area contributed by atoms with Crippen LogP contribution in [0.4, 0.5) is 70.3 Å². The summed E-state index contributed by atoms with van der Waals surface area (Å²) in [6.45, 7) is 0.819. The quantitative estimate of drug-likeness (QED) is 0.269.